The Morgan fingerprint density at radius 1 is 1.58 bits per heavy atom. The monoisotopic (exact) mass is 172 g/mol. The van der Waals surface area contributed by atoms with Gasteiger partial charge in [-0.15, -0.1) is 0 Å². The highest BCUT2D eigenvalue weighted by Gasteiger charge is 2.29. The average molecular weight is 172 g/mol. The van der Waals surface area contributed by atoms with Crippen molar-refractivity contribution in [3.8, 4) is 0 Å². The molecule has 0 aromatic carbocycles. The van der Waals surface area contributed by atoms with E-state index in [1.807, 2.05) is 13.8 Å². The van der Waals surface area contributed by atoms with E-state index in [1.54, 1.807) is 0 Å². The van der Waals surface area contributed by atoms with Crippen molar-refractivity contribution in [1.29, 1.82) is 0 Å². The van der Waals surface area contributed by atoms with Gasteiger partial charge < -0.3 is 14.3 Å². The third kappa shape index (κ3) is 2.57. The van der Waals surface area contributed by atoms with Crippen molar-refractivity contribution in [3.63, 3.8) is 0 Å². The van der Waals surface area contributed by atoms with Gasteiger partial charge in [-0.25, -0.2) is 0 Å². The molecule has 0 unspecified atom stereocenters. The van der Waals surface area contributed by atoms with E-state index in [0.29, 0.717) is 19.1 Å². The molecule has 1 aliphatic rings. The number of hydrogen-bond acceptors (Lipinski definition) is 3. The van der Waals surface area contributed by atoms with Crippen molar-refractivity contribution in [2.45, 2.75) is 45.0 Å². The van der Waals surface area contributed by atoms with Gasteiger partial charge in [-0.1, -0.05) is 0 Å². The number of aldehydes is 1. The Morgan fingerprint density at radius 2 is 2.33 bits per heavy atom. The number of carbonyl (C=O) groups excluding carboxylic acids is 1. The normalized spacial score (nSPS) is 35.3. The Bertz CT molecular complexity index is 147. The lowest BCUT2D eigenvalue weighted by molar-refractivity contribution is -0.109. The third-order valence-corrected chi connectivity index (χ3v) is 2.10. The van der Waals surface area contributed by atoms with Gasteiger partial charge in [0.15, 0.2) is 0 Å². The summed E-state index contributed by atoms with van der Waals surface area (Å²) in [5, 5.41) is 0. The standard InChI is InChI=1S/C9H16O3/c1-7-6-9(8(2)12-7)11-5-3-4-10/h4,7-9H,3,5-6H2,1-2H3/t7-,8+,9+/m0/s1. The Balaban J connectivity index is 2.19. The molecule has 1 aliphatic heterocycles. The van der Waals surface area contributed by atoms with Crippen LogP contribution in [0, 0.1) is 0 Å². The molecule has 3 heteroatoms. The second-order valence-corrected chi connectivity index (χ2v) is 3.25. The zero-order chi connectivity index (χ0) is 8.97. The molecule has 0 radical (unpaired) electrons. The van der Waals surface area contributed by atoms with Gasteiger partial charge in [-0.3, -0.25) is 0 Å². The highest BCUT2D eigenvalue weighted by Crippen LogP contribution is 2.22. The summed E-state index contributed by atoms with van der Waals surface area (Å²) in [5.41, 5.74) is 0. The van der Waals surface area contributed by atoms with Gasteiger partial charge in [0, 0.05) is 12.8 Å². The van der Waals surface area contributed by atoms with Crippen LogP contribution in [0.1, 0.15) is 26.7 Å². The molecule has 0 aliphatic carbocycles. The molecule has 70 valence electrons. The lowest BCUT2D eigenvalue weighted by Crippen LogP contribution is -2.21. The van der Waals surface area contributed by atoms with Crippen LogP contribution in [0.5, 0.6) is 0 Å². The molecule has 0 N–H and O–H groups in total. The first kappa shape index (κ1) is 9.68. The van der Waals surface area contributed by atoms with Crippen LogP contribution in [-0.2, 0) is 14.3 Å². The predicted octanol–water partition coefficient (Wildman–Crippen LogP) is 1.16. The minimum atomic E-state index is 0.173. The summed E-state index contributed by atoms with van der Waals surface area (Å²) < 4.78 is 11.0. The molecule has 0 saturated carbocycles. The van der Waals surface area contributed by atoms with Crippen molar-refractivity contribution >= 4 is 6.29 Å². The molecule has 1 fully saturated rings. The van der Waals surface area contributed by atoms with Crippen LogP contribution in [-0.4, -0.2) is 31.2 Å². The number of ether oxygens (including phenoxy) is 2. The fourth-order valence-electron chi connectivity index (χ4n) is 1.50. The zero-order valence-corrected chi connectivity index (χ0v) is 7.66. The second-order valence-electron chi connectivity index (χ2n) is 3.25. The molecule has 3 nitrogen and oxygen atoms in total. The van der Waals surface area contributed by atoms with Gasteiger partial charge in [-0.05, 0) is 13.8 Å². The average Bonchev–Trinajstić information content (AvgIpc) is 2.31. The summed E-state index contributed by atoms with van der Waals surface area (Å²) in [5.74, 6) is 0. The highest BCUT2D eigenvalue weighted by molar-refractivity contribution is 5.49. The minimum absolute atomic E-state index is 0.173. The largest absolute Gasteiger partial charge is 0.375 e. The molecular formula is C9H16O3. The van der Waals surface area contributed by atoms with Crippen LogP contribution < -0.4 is 0 Å². The smallest absolute Gasteiger partial charge is 0.122 e. The number of rotatable bonds is 4. The molecule has 0 spiro atoms. The van der Waals surface area contributed by atoms with Gasteiger partial charge >= 0.3 is 0 Å². The van der Waals surface area contributed by atoms with Gasteiger partial charge in [-0.2, -0.15) is 0 Å². The quantitative estimate of drug-likeness (QED) is 0.471. The summed E-state index contributed by atoms with van der Waals surface area (Å²) >= 11 is 0. The van der Waals surface area contributed by atoms with Crippen LogP contribution in [0.25, 0.3) is 0 Å². The number of carbonyl (C=O) groups is 1. The van der Waals surface area contributed by atoms with Crippen molar-refractivity contribution in [2.24, 2.45) is 0 Å². The summed E-state index contributed by atoms with van der Waals surface area (Å²) in [6, 6.07) is 0. The zero-order valence-electron chi connectivity index (χ0n) is 7.66. The summed E-state index contributed by atoms with van der Waals surface area (Å²) in [6.07, 6.45) is 2.95. The fraction of sp³-hybridized carbons (Fsp3) is 0.889. The molecular weight excluding hydrogens is 156 g/mol. The summed E-state index contributed by atoms with van der Waals surface area (Å²) in [6.45, 7) is 4.57. The van der Waals surface area contributed by atoms with Gasteiger partial charge in [0.2, 0.25) is 0 Å². The Morgan fingerprint density at radius 3 is 2.83 bits per heavy atom. The first-order valence-electron chi connectivity index (χ1n) is 4.44. The first-order chi connectivity index (χ1) is 5.74. The van der Waals surface area contributed by atoms with Crippen molar-refractivity contribution < 1.29 is 14.3 Å². The summed E-state index contributed by atoms with van der Waals surface area (Å²) in [4.78, 5) is 10.0. The molecule has 0 aromatic heterocycles. The Labute approximate surface area is 73.0 Å². The van der Waals surface area contributed by atoms with E-state index in [2.05, 4.69) is 0 Å². The number of hydrogen-bond donors (Lipinski definition) is 0. The van der Waals surface area contributed by atoms with Crippen LogP contribution >= 0.6 is 0 Å². The topological polar surface area (TPSA) is 35.5 Å². The van der Waals surface area contributed by atoms with Crippen molar-refractivity contribution in [2.75, 3.05) is 6.61 Å². The highest BCUT2D eigenvalue weighted by atomic mass is 16.6. The van der Waals surface area contributed by atoms with Crippen molar-refractivity contribution in [3.05, 3.63) is 0 Å². The second kappa shape index (κ2) is 4.58. The lowest BCUT2D eigenvalue weighted by Gasteiger charge is -2.13. The van der Waals surface area contributed by atoms with Crippen LogP contribution in [0.4, 0.5) is 0 Å². The molecule has 1 rings (SSSR count). The van der Waals surface area contributed by atoms with Crippen molar-refractivity contribution in [1.82, 2.24) is 0 Å². The Hall–Kier alpha value is -0.410. The predicted molar refractivity (Wildman–Crippen MR) is 45.0 cm³/mol. The molecule has 1 heterocycles. The van der Waals surface area contributed by atoms with Gasteiger partial charge in [0.1, 0.15) is 6.29 Å². The molecule has 1 saturated heterocycles. The van der Waals surface area contributed by atoms with E-state index in [9.17, 15) is 4.79 Å². The van der Waals surface area contributed by atoms with Crippen LogP contribution in [0.2, 0.25) is 0 Å². The molecule has 0 amide bonds. The minimum Gasteiger partial charge on any atom is -0.375 e. The maximum Gasteiger partial charge on any atom is 0.122 e. The van der Waals surface area contributed by atoms with E-state index in [4.69, 9.17) is 9.47 Å². The van der Waals surface area contributed by atoms with E-state index in [1.165, 1.54) is 0 Å². The molecule has 0 aromatic rings. The van der Waals surface area contributed by atoms with Gasteiger partial charge in [0.05, 0.1) is 24.9 Å². The van der Waals surface area contributed by atoms with E-state index >= 15 is 0 Å². The maximum atomic E-state index is 10.0. The van der Waals surface area contributed by atoms with Gasteiger partial charge in [0.25, 0.3) is 0 Å². The fourth-order valence-corrected chi connectivity index (χ4v) is 1.50. The molecule has 3 atom stereocenters. The molecule has 12 heavy (non-hydrogen) atoms. The van der Waals surface area contributed by atoms with Crippen LogP contribution in [0.15, 0.2) is 0 Å². The first-order valence-corrected chi connectivity index (χ1v) is 4.44. The van der Waals surface area contributed by atoms with E-state index < -0.39 is 0 Å². The van der Waals surface area contributed by atoms with Crippen LogP contribution in [0.3, 0.4) is 0 Å². The summed E-state index contributed by atoms with van der Waals surface area (Å²) in [7, 11) is 0. The van der Waals surface area contributed by atoms with E-state index in [-0.39, 0.29) is 12.2 Å². The molecule has 0 bridgehead atoms. The Kier molecular flexibility index (Phi) is 3.69. The lowest BCUT2D eigenvalue weighted by atomic mass is 10.1. The van der Waals surface area contributed by atoms with E-state index in [0.717, 1.165) is 12.7 Å². The third-order valence-electron chi connectivity index (χ3n) is 2.10. The maximum absolute atomic E-state index is 10.0. The SMILES string of the molecule is C[C@H]1C[C@@H](OCCC=O)[C@@H](C)O1.